The van der Waals surface area contributed by atoms with Crippen molar-refractivity contribution in [1.29, 1.82) is 0 Å². The van der Waals surface area contributed by atoms with Crippen LogP contribution in [0.1, 0.15) is 28.3 Å². The molecule has 0 radical (unpaired) electrons. The van der Waals surface area contributed by atoms with E-state index in [2.05, 4.69) is 0 Å². The number of benzene rings is 3. The number of aryl methyl sites for hydroxylation is 1. The minimum Gasteiger partial charge on any atom is -0.503 e. The average molecular weight is 415 g/mol. The van der Waals surface area contributed by atoms with Gasteiger partial charge in [0.05, 0.1) is 20.3 Å². The number of aliphatic hydroxyl groups excluding tert-OH is 1. The summed E-state index contributed by atoms with van der Waals surface area (Å²) in [5.41, 5.74) is 4.38. The predicted molar refractivity (Wildman–Crippen MR) is 120 cm³/mol. The molecule has 3 aromatic carbocycles. The molecule has 1 aliphatic heterocycles. The average Bonchev–Trinajstić information content (AvgIpc) is 3.05. The predicted octanol–water partition coefficient (Wildman–Crippen LogP) is 5.07. The monoisotopic (exact) mass is 415 g/mol. The van der Waals surface area contributed by atoms with Gasteiger partial charge in [0.1, 0.15) is 11.5 Å². The van der Waals surface area contributed by atoms with E-state index in [1.54, 1.807) is 19.1 Å². The van der Waals surface area contributed by atoms with E-state index in [4.69, 9.17) is 9.47 Å². The van der Waals surface area contributed by atoms with Gasteiger partial charge < -0.3 is 19.5 Å². The molecule has 0 spiro atoms. The maximum Gasteiger partial charge on any atom is 0.290 e. The topological polar surface area (TPSA) is 59.0 Å². The summed E-state index contributed by atoms with van der Waals surface area (Å²) in [6, 6.07) is 22.7. The first-order valence-electron chi connectivity index (χ1n) is 10.1. The second-order valence-corrected chi connectivity index (χ2v) is 7.59. The number of rotatable bonds is 6. The van der Waals surface area contributed by atoms with Gasteiger partial charge in [-0.1, -0.05) is 54.1 Å². The molecule has 3 aromatic rings. The lowest BCUT2D eigenvalue weighted by atomic mass is 9.93. The van der Waals surface area contributed by atoms with Gasteiger partial charge in [0, 0.05) is 12.1 Å². The third-order valence-corrected chi connectivity index (χ3v) is 5.58. The molecule has 5 nitrogen and oxygen atoms in total. The zero-order chi connectivity index (χ0) is 22.0. The lowest BCUT2D eigenvalue weighted by Gasteiger charge is -2.28. The van der Waals surface area contributed by atoms with Gasteiger partial charge in [0.2, 0.25) is 0 Å². The first kappa shape index (κ1) is 20.5. The number of carbonyl (C=O) groups excluding carboxylic acids is 1. The standard InChI is InChI=1S/C26H25NO4/c1-17-7-9-20(10-8-17)24-23(19-11-13-21(30-2)14-12-19)25(28)26(29)27(24)16-18-5-4-6-22(15-18)31-3/h4-15,24,28H,16H2,1-3H3/t24-/m1/s1. The number of aliphatic hydroxyl groups is 1. The van der Waals surface area contributed by atoms with E-state index in [1.165, 1.54) is 0 Å². The number of amides is 1. The molecule has 1 amide bonds. The third kappa shape index (κ3) is 3.99. The van der Waals surface area contributed by atoms with E-state index in [9.17, 15) is 9.90 Å². The molecule has 158 valence electrons. The smallest absolute Gasteiger partial charge is 0.290 e. The van der Waals surface area contributed by atoms with Crippen molar-refractivity contribution in [3.05, 3.63) is 101 Å². The Morgan fingerprint density at radius 1 is 0.903 bits per heavy atom. The number of nitrogens with zero attached hydrogens (tertiary/aromatic N) is 1. The van der Waals surface area contributed by atoms with Gasteiger partial charge in [-0.2, -0.15) is 0 Å². The molecule has 1 atom stereocenters. The Morgan fingerprint density at radius 2 is 1.58 bits per heavy atom. The van der Waals surface area contributed by atoms with E-state index in [0.29, 0.717) is 17.9 Å². The zero-order valence-corrected chi connectivity index (χ0v) is 17.8. The fraction of sp³-hybridized carbons (Fsp3) is 0.192. The Hall–Kier alpha value is -3.73. The van der Waals surface area contributed by atoms with Crippen LogP contribution in [-0.4, -0.2) is 30.1 Å². The Balaban J connectivity index is 1.78. The quantitative estimate of drug-likeness (QED) is 0.611. The van der Waals surface area contributed by atoms with Crippen molar-refractivity contribution in [2.24, 2.45) is 0 Å². The van der Waals surface area contributed by atoms with Crippen LogP contribution in [-0.2, 0) is 11.3 Å². The largest absolute Gasteiger partial charge is 0.503 e. The molecule has 0 fully saturated rings. The summed E-state index contributed by atoms with van der Waals surface area (Å²) in [5.74, 6) is 0.828. The van der Waals surface area contributed by atoms with E-state index in [1.807, 2.05) is 79.7 Å². The lowest BCUT2D eigenvalue weighted by molar-refractivity contribution is -0.130. The highest BCUT2D eigenvalue weighted by atomic mass is 16.5. The second kappa shape index (κ2) is 8.56. The molecule has 0 aromatic heterocycles. The molecule has 0 saturated carbocycles. The summed E-state index contributed by atoms with van der Waals surface area (Å²) >= 11 is 0. The van der Waals surface area contributed by atoms with Gasteiger partial charge in [0.15, 0.2) is 5.76 Å². The van der Waals surface area contributed by atoms with Crippen molar-refractivity contribution in [3.63, 3.8) is 0 Å². The molecule has 1 N–H and O–H groups in total. The number of hydrogen-bond donors (Lipinski definition) is 1. The minimum absolute atomic E-state index is 0.223. The van der Waals surface area contributed by atoms with Crippen LogP contribution in [0.25, 0.3) is 5.57 Å². The number of carbonyl (C=O) groups is 1. The maximum absolute atomic E-state index is 13.2. The fourth-order valence-electron chi connectivity index (χ4n) is 3.94. The number of hydrogen-bond acceptors (Lipinski definition) is 4. The minimum atomic E-state index is -0.410. The van der Waals surface area contributed by atoms with Crippen molar-refractivity contribution < 1.29 is 19.4 Å². The summed E-state index contributed by atoms with van der Waals surface area (Å²) < 4.78 is 10.6. The van der Waals surface area contributed by atoms with Crippen LogP contribution in [0.5, 0.6) is 11.5 Å². The Bertz CT molecular complexity index is 1120. The maximum atomic E-state index is 13.2. The number of methoxy groups -OCH3 is 2. The highest BCUT2D eigenvalue weighted by Gasteiger charge is 2.41. The van der Waals surface area contributed by atoms with Crippen molar-refractivity contribution in [2.45, 2.75) is 19.5 Å². The molecule has 5 heteroatoms. The van der Waals surface area contributed by atoms with E-state index < -0.39 is 6.04 Å². The molecule has 0 unspecified atom stereocenters. The lowest BCUT2D eigenvalue weighted by Crippen LogP contribution is -2.29. The van der Waals surface area contributed by atoms with Crippen LogP contribution in [0, 0.1) is 6.92 Å². The summed E-state index contributed by atoms with van der Waals surface area (Å²) in [6.45, 7) is 2.37. The van der Waals surface area contributed by atoms with Crippen LogP contribution in [0.15, 0.2) is 78.6 Å². The highest BCUT2D eigenvalue weighted by molar-refractivity contribution is 6.05. The molecular formula is C26H25NO4. The Labute approximate surface area is 182 Å². The highest BCUT2D eigenvalue weighted by Crippen LogP contribution is 2.44. The van der Waals surface area contributed by atoms with Crippen molar-refractivity contribution in [3.8, 4) is 11.5 Å². The first-order chi connectivity index (χ1) is 15.0. The van der Waals surface area contributed by atoms with Crippen LogP contribution in [0.4, 0.5) is 0 Å². The van der Waals surface area contributed by atoms with Crippen LogP contribution >= 0.6 is 0 Å². The van der Waals surface area contributed by atoms with Crippen LogP contribution < -0.4 is 9.47 Å². The Kier molecular flexibility index (Phi) is 5.67. The van der Waals surface area contributed by atoms with Gasteiger partial charge in [0.25, 0.3) is 5.91 Å². The second-order valence-electron chi connectivity index (χ2n) is 7.59. The SMILES string of the molecule is COc1ccc(C2=C(O)C(=O)N(Cc3cccc(OC)c3)[C@@H]2c2ccc(C)cc2)cc1. The van der Waals surface area contributed by atoms with E-state index in [-0.39, 0.29) is 11.7 Å². The summed E-state index contributed by atoms with van der Waals surface area (Å²) in [6.07, 6.45) is 0. The van der Waals surface area contributed by atoms with Crippen LogP contribution in [0.3, 0.4) is 0 Å². The zero-order valence-electron chi connectivity index (χ0n) is 17.8. The molecule has 4 rings (SSSR count). The molecule has 1 aliphatic rings. The summed E-state index contributed by atoms with van der Waals surface area (Å²) in [7, 11) is 3.22. The van der Waals surface area contributed by atoms with Crippen molar-refractivity contribution >= 4 is 11.5 Å². The van der Waals surface area contributed by atoms with Crippen molar-refractivity contribution in [1.82, 2.24) is 4.90 Å². The normalized spacial score (nSPS) is 16.0. The molecule has 1 heterocycles. The van der Waals surface area contributed by atoms with Gasteiger partial charge in [-0.15, -0.1) is 0 Å². The molecule has 0 aliphatic carbocycles. The van der Waals surface area contributed by atoms with E-state index in [0.717, 1.165) is 28.0 Å². The molecule has 31 heavy (non-hydrogen) atoms. The van der Waals surface area contributed by atoms with Gasteiger partial charge >= 0.3 is 0 Å². The molecular weight excluding hydrogens is 390 g/mol. The van der Waals surface area contributed by atoms with Gasteiger partial charge in [-0.3, -0.25) is 4.79 Å². The molecule has 0 saturated heterocycles. The van der Waals surface area contributed by atoms with Gasteiger partial charge in [-0.25, -0.2) is 0 Å². The van der Waals surface area contributed by atoms with Gasteiger partial charge in [-0.05, 0) is 47.9 Å². The first-order valence-corrected chi connectivity index (χ1v) is 10.1. The molecule has 0 bridgehead atoms. The third-order valence-electron chi connectivity index (χ3n) is 5.58. The summed E-state index contributed by atoms with van der Waals surface area (Å²) in [4.78, 5) is 14.9. The Morgan fingerprint density at radius 3 is 2.23 bits per heavy atom. The van der Waals surface area contributed by atoms with Crippen molar-refractivity contribution in [2.75, 3.05) is 14.2 Å². The fourth-order valence-corrected chi connectivity index (χ4v) is 3.94. The van der Waals surface area contributed by atoms with E-state index >= 15 is 0 Å². The summed E-state index contributed by atoms with van der Waals surface area (Å²) in [5, 5.41) is 10.9. The van der Waals surface area contributed by atoms with Crippen LogP contribution in [0.2, 0.25) is 0 Å². The number of ether oxygens (including phenoxy) is 2.